The molecule has 35 heavy (non-hydrogen) atoms. The van der Waals surface area contributed by atoms with Crippen LogP contribution < -0.4 is 24.3 Å². The van der Waals surface area contributed by atoms with Gasteiger partial charge in [-0.25, -0.2) is 0 Å². The number of methoxy groups -OCH3 is 3. The SMILES string of the molecule is COc1cc2c(cc1OC)[C@@H](CN(C)CCCNCCc1cc(OC=N)c(OC)cc1CC#N)C2. The van der Waals surface area contributed by atoms with Gasteiger partial charge in [0, 0.05) is 12.5 Å². The zero-order chi connectivity index (χ0) is 25.2. The van der Waals surface area contributed by atoms with Gasteiger partial charge < -0.3 is 29.2 Å². The molecule has 188 valence electrons. The number of nitriles is 1. The Morgan fingerprint density at radius 2 is 1.71 bits per heavy atom. The van der Waals surface area contributed by atoms with E-state index in [2.05, 4.69) is 35.5 Å². The molecule has 0 unspecified atom stereocenters. The number of fused-ring (bicyclic) bond motifs is 1. The van der Waals surface area contributed by atoms with Gasteiger partial charge >= 0.3 is 0 Å². The first kappa shape index (κ1) is 26.3. The Hall–Kier alpha value is -3.28. The van der Waals surface area contributed by atoms with E-state index in [1.54, 1.807) is 21.3 Å². The normalized spacial score (nSPS) is 14.0. The van der Waals surface area contributed by atoms with Crippen LogP contribution in [0.5, 0.6) is 23.0 Å². The summed E-state index contributed by atoms with van der Waals surface area (Å²) in [5, 5.41) is 19.9. The predicted molar refractivity (Wildman–Crippen MR) is 136 cm³/mol. The molecule has 0 saturated carbocycles. The maximum atomic E-state index is 9.17. The molecule has 0 aliphatic heterocycles. The van der Waals surface area contributed by atoms with Crippen molar-refractivity contribution in [3.05, 3.63) is 46.5 Å². The monoisotopic (exact) mass is 480 g/mol. The van der Waals surface area contributed by atoms with E-state index >= 15 is 0 Å². The Morgan fingerprint density at radius 1 is 1.03 bits per heavy atom. The third kappa shape index (κ3) is 6.65. The fourth-order valence-electron chi connectivity index (χ4n) is 4.63. The van der Waals surface area contributed by atoms with Crippen LogP contribution in [-0.2, 0) is 19.3 Å². The summed E-state index contributed by atoms with van der Waals surface area (Å²) in [7, 11) is 7.08. The van der Waals surface area contributed by atoms with E-state index in [1.807, 2.05) is 12.1 Å². The number of ether oxygens (including phenoxy) is 4. The molecule has 2 aromatic carbocycles. The molecule has 8 heteroatoms. The number of benzene rings is 2. The van der Waals surface area contributed by atoms with Crippen molar-refractivity contribution in [3.63, 3.8) is 0 Å². The largest absolute Gasteiger partial charge is 0.493 e. The highest BCUT2D eigenvalue weighted by Gasteiger charge is 2.29. The van der Waals surface area contributed by atoms with Crippen molar-refractivity contribution in [3.8, 4) is 29.1 Å². The summed E-state index contributed by atoms with van der Waals surface area (Å²) >= 11 is 0. The molecule has 1 atom stereocenters. The summed E-state index contributed by atoms with van der Waals surface area (Å²) in [5.74, 6) is 3.17. The third-order valence-electron chi connectivity index (χ3n) is 6.49. The molecule has 0 radical (unpaired) electrons. The third-order valence-corrected chi connectivity index (χ3v) is 6.49. The Bertz CT molecular complexity index is 1050. The van der Waals surface area contributed by atoms with Gasteiger partial charge in [0.05, 0.1) is 33.8 Å². The molecule has 1 aliphatic rings. The first-order chi connectivity index (χ1) is 17.0. The second kappa shape index (κ2) is 13.0. The van der Waals surface area contributed by atoms with Gasteiger partial charge in [-0.3, -0.25) is 5.41 Å². The fraction of sp³-hybridized carbons (Fsp3) is 0.481. The number of hydrogen-bond donors (Lipinski definition) is 2. The number of rotatable bonds is 15. The highest BCUT2D eigenvalue weighted by atomic mass is 16.5. The molecule has 8 nitrogen and oxygen atoms in total. The molecule has 2 N–H and O–H groups in total. The Morgan fingerprint density at radius 3 is 2.40 bits per heavy atom. The van der Waals surface area contributed by atoms with E-state index in [-0.39, 0.29) is 0 Å². The van der Waals surface area contributed by atoms with Crippen molar-refractivity contribution in [2.24, 2.45) is 0 Å². The Balaban J connectivity index is 1.42. The van der Waals surface area contributed by atoms with E-state index < -0.39 is 0 Å². The van der Waals surface area contributed by atoms with Crippen LogP contribution in [0.1, 0.15) is 34.6 Å². The van der Waals surface area contributed by atoms with Crippen molar-refractivity contribution in [2.45, 2.75) is 31.6 Å². The van der Waals surface area contributed by atoms with Crippen LogP contribution >= 0.6 is 0 Å². The summed E-state index contributed by atoms with van der Waals surface area (Å²) in [6, 6.07) is 10.1. The molecular weight excluding hydrogens is 444 g/mol. The molecule has 0 fully saturated rings. The lowest BCUT2D eigenvalue weighted by Crippen LogP contribution is -2.32. The van der Waals surface area contributed by atoms with E-state index in [0.717, 1.165) is 74.5 Å². The highest BCUT2D eigenvalue weighted by molar-refractivity contribution is 5.56. The minimum atomic E-state index is 0.310. The van der Waals surface area contributed by atoms with Crippen molar-refractivity contribution in [1.29, 1.82) is 10.7 Å². The molecule has 0 saturated heterocycles. The lowest BCUT2D eigenvalue weighted by molar-refractivity contribution is 0.291. The number of hydrogen-bond acceptors (Lipinski definition) is 8. The molecule has 0 aromatic heterocycles. The molecule has 3 rings (SSSR count). The maximum absolute atomic E-state index is 9.17. The zero-order valence-electron chi connectivity index (χ0n) is 21.1. The standard InChI is InChI=1S/C27H36N4O4/c1-31(17-22-12-21-15-24(32-2)26(34-4)16-23(21)22)11-5-9-30-10-7-20-14-27(35-18-29)25(33-3)13-19(20)6-8-28/h13-16,18,22,29-30H,5-7,9-12,17H2,1-4H3/t22-/m1/s1. The smallest absolute Gasteiger partial charge is 0.174 e. The highest BCUT2D eigenvalue weighted by Crippen LogP contribution is 2.42. The zero-order valence-corrected chi connectivity index (χ0v) is 21.1. The molecular formula is C27H36N4O4. The second-order valence-electron chi connectivity index (χ2n) is 8.77. The first-order valence-electron chi connectivity index (χ1n) is 11.9. The van der Waals surface area contributed by atoms with Gasteiger partial charge in [-0.15, -0.1) is 0 Å². The molecule has 0 amide bonds. The van der Waals surface area contributed by atoms with Crippen molar-refractivity contribution in [2.75, 3.05) is 54.6 Å². The molecule has 0 heterocycles. The fourth-order valence-corrected chi connectivity index (χ4v) is 4.63. The minimum absolute atomic E-state index is 0.310. The van der Waals surface area contributed by atoms with Crippen molar-refractivity contribution < 1.29 is 18.9 Å². The molecule has 0 bridgehead atoms. The van der Waals surface area contributed by atoms with Crippen LogP contribution in [0.15, 0.2) is 24.3 Å². The van der Waals surface area contributed by atoms with Crippen LogP contribution in [0.4, 0.5) is 0 Å². The van der Waals surface area contributed by atoms with E-state index in [1.165, 1.54) is 11.1 Å². The first-order valence-corrected chi connectivity index (χ1v) is 11.9. The van der Waals surface area contributed by atoms with Gasteiger partial charge in [0.25, 0.3) is 0 Å². The van der Waals surface area contributed by atoms with Crippen LogP contribution in [0.2, 0.25) is 0 Å². The van der Waals surface area contributed by atoms with E-state index in [9.17, 15) is 5.26 Å². The van der Waals surface area contributed by atoms with Gasteiger partial charge in [-0.2, -0.15) is 5.26 Å². The molecule has 2 aromatic rings. The lowest BCUT2D eigenvalue weighted by Gasteiger charge is -2.34. The van der Waals surface area contributed by atoms with Gasteiger partial charge in [0.15, 0.2) is 29.4 Å². The van der Waals surface area contributed by atoms with Crippen molar-refractivity contribution >= 4 is 6.40 Å². The van der Waals surface area contributed by atoms with Crippen LogP contribution in [0.3, 0.4) is 0 Å². The summed E-state index contributed by atoms with van der Waals surface area (Å²) in [4.78, 5) is 2.39. The van der Waals surface area contributed by atoms with Crippen LogP contribution in [0.25, 0.3) is 0 Å². The van der Waals surface area contributed by atoms with E-state index in [4.69, 9.17) is 24.4 Å². The average Bonchev–Trinajstić information content (AvgIpc) is 2.85. The van der Waals surface area contributed by atoms with Gasteiger partial charge in [0.2, 0.25) is 0 Å². The average molecular weight is 481 g/mol. The Kier molecular flexibility index (Phi) is 9.76. The van der Waals surface area contributed by atoms with E-state index in [0.29, 0.717) is 23.8 Å². The minimum Gasteiger partial charge on any atom is -0.493 e. The summed E-state index contributed by atoms with van der Waals surface area (Å²) in [6.45, 7) is 3.77. The summed E-state index contributed by atoms with van der Waals surface area (Å²) in [5.41, 5.74) is 4.68. The van der Waals surface area contributed by atoms with Gasteiger partial charge in [-0.1, -0.05) is 0 Å². The Labute approximate surface area is 208 Å². The summed E-state index contributed by atoms with van der Waals surface area (Å²) < 4.78 is 21.5. The van der Waals surface area contributed by atoms with Crippen molar-refractivity contribution in [1.82, 2.24) is 10.2 Å². The topological polar surface area (TPSA) is 99.8 Å². The predicted octanol–water partition coefficient (Wildman–Crippen LogP) is 3.56. The van der Waals surface area contributed by atoms with Crippen LogP contribution in [-0.4, -0.2) is 65.9 Å². The summed E-state index contributed by atoms with van der Waals surface area (Å²) in [6.07, 6.45) is 4.10. The van der Waals surface area contributed by atoms with Crippen LogP contribution in [0, 0.1) is 16.7 Å². The quantitative estimate of drug-likeness (QED) is 0.228. The molecule has 1 aliphatic carbocycles. The van der Waals surface area contributed by atoms with Gasteiger partial charge in [0.1, 0.15) is 0 Å². The number of nitrogens with one attached hydrogen (secondary N) is 2. The lowest BCUT2D eigenvalue weighted by atomic mass is 9.77. The van der Waals surface area contributed by atoms with Gasteiger partial charge in [-0.05, 0) is 92.5 Å². The maximum Gasteiger partial charge on any atom is 0.174 e. The second-order valence-corrected chi connectivity index (χ2v) is 8.77. The number of likely N-dealkylation sites (N-methyl/N-ethyl adjacent to an activating group) is 1. The number of nitrogens with zero attached hydrogens (tertiary/aromatic N) is 2. The molecule has 0 spiro atoms.